The molecule has 0 aliphatic heterocycles. The summed E-state index contributed by atoms with van der Waals surface area (Å²) in [6.07, 6.45) is 0. The highest BCUT2D eigenvalue weighted by molar-refractivity contribution is 8.00. The Morgan fingerprint density at radius 3 is 2.77 bits per heavy atom. The summed E-state index contributed by atoms with van der Waals surface area (Å²) in [4.78, 5) is 0. The lowest BCUT2D eigenvalue weighted by molar-refractivity contribution is 0.485. The summed E-state index contributed by atoms with van der Waals surface area (Å²) in [6, 6.07) is 6.16. The number of nitrogens with zero attached hydrogens (tertiary/aromatic N) is 4. The first-order valence-electron chi connectivity index (χ1n) is 6.70. The summed E-state index contributed by atoms with van der Waals surface area (Å²) < 4.78 is 6.20. The first-order valence-corrected chi connectivity index (χ1v) is 8.50. The van der Waals surface area contributed by atoms with E-state index in [9.17, 15) is 0 Å². The number of thioether (sulfide) groups is 1. The molecule has 2 heterocycles. The highest BCUT2D eigenvalue weighted by Crippen LogP contribution is 2.30. The molecule has 0 radical (unpaired) electrons. The van der Waals surface area contributed by atoms with E-state index >= 15 is 0 Å². The van der Waals surface area contributed by atoms with Crippen molar-refractivity contribution in [3.8, 4) is 0 Å². The molecule has 0 fully saturated rings. The number of benzene rings is 1. The molecule has 6 nitrogen and oxygen atoms in total. The molecule has 0 bridgehead atoms. The zero-order valence-electron chi connectivity index (χ0n) is 12.5. The van der Waals surface area contributed by atoms with Crippen molar-refractivity contribution in [2.24, 2.45) is 0 Å². The number of hydrogen-bond donors (Lipinski definition) is 1. The molecule has 114 valence electrons. The predicted molar refractivity (Wildman–Crippen MR) is 87.7 cm³/mol. The first-order chi connectivity index (χ1) is 10.6. The molecule has 0 unspecified atom stereocenters. The van der Waals surface area contributed by atoms with Gasteiger partial charge < -0.3 is 9.73 Å². The van der Waals surface area contributed by atoms with E-state index in [-0.39, 0.29) is 0 Å². The number of anilines is 2. The fourth-order valence-corrected chi connectivity index (χ4v) is 3.44. The van der Waals surface area contributed by atoms with Gasteiger partial charge in [0.05, 0.1) is 5.75 Å². The average molecular weight is 333 g/mol. The Labute approximate surface area is 136 Å². The molecule has 3 aromatic rings. The third-order valence-corrected chi connectivity index (χ3v) is 5.10. The van der Waals surface area contributed by atoms with Gasteiger partial charge in [-0.25, -0.2) is 0 Å². The van der Waals surface area contributed by atoms with Crippen LogP contribution in [0.15, 0.2) is 27.0 Å². The summed E-state index contributed by atoms with van der Waals surface area (Å²) in [5.41, 5.74) is 3.52. The van der Waals surface area contributed by atoms with E-state index in [1.807, 2.05) is 12.1 Å². The van der Waals surface area contributed by atoms with Crippen molar-refractivity contribution in [2.75, 3.05) is 5.32 Å². The fourth-order valence-electron chi connectivity index (χ4n) is 1.84. The molecule has 3 rings (SSSR count). The van der Waals surface area contributed by atoms with Crippen LogP contribution in [-0.2, 0) is 5.75 Å². The molecule has 8 heteroatoms. The van der Waals surface area contributed by atoms with Crippen molar-refractivity contribution in [3.05, 3.63) is 41.1 Å². The average Bonchev–Trinajstić information content (AvgIpc) is 3.11. The van der Waals surface area contributed by atoms with Crippen molar-refractivity contribution in [1.29, 1.82) is 0 Å². The van der Waals surface area contributed by atoms with E-state index in [1.165, 1.54) is 34.2 Å². The zero-order valence-corrected chi connectivity index (χ0v) is 14.1. The van der Waals surface area contributed by atoms with Crippen LogP contribution in [0.5, 0.6) is 0 Å². The van der Waals surface area contributed by atoms with Crippen molar-refractivity contribution >= 4 is 33.9 Å². The van der Waals surface area contributed by atoms with E-state index in [1.54, 1.807) is 6.92 Å². The zero-order chi connectivity index (χ0) is 15.5. The van der Waals surface area contributed by atoms with Gasteiger partial charge in [0.15, 0.2) is 4.34 Å². The van der Waals surface area contributed by atoms with Gasteiger partial charge in [-0.3, -0.25) is 0 Å². The molecule has 22 heavy (non-hydrogen) atoms. The molecular formula is C14H15N5OS2. The lowest BCUT2D eigenvalue weighted by atomic mass is 10.1. The fraction of sp³-hybridized carbons (Fsp3) is 0.286. The topological polar surface area (TPSA) is 76.7 Å². The molecule has 0 amide bonds. The number of nitrogens with one attached hydrogen (secondary N) is 1. The summed E-state index contributed by atoms with van der Waals surface area (Å²) >= 11 is 3.04. The maximum Gasteiger partial charge on any atom is 0.226 e. The van der Waals surface area contributed by atoms with Crippen molar-refractivity contribution in [1.82, 2.24) is 20.4 Å². The van der Waals surface area contributed by atoms with Gasteiger partial charge >= 0.3 is 0 Å². The Kier molecular flexibility index (Phi) is 4.39. The minimum atomic E-state index is 0.574. The number of aromatic nitrogens is 4. The second-order valence-electron chi connectivity index (χ2n) is 4.75. The van der Waals surface area contributed by atoms with Crippen molar-refractivity contribution < 1.29 is 4.42 Å². The molecule has 2 aromatic heterocycles. The van der Waals surface area contributed by atoms with Gasteiger partial charge in [-0.2, -0.15) is 0 Å². The second-order valence-corrected chi connectivity index (χ2v) is 6.95. The minimum Gasteiger partial charge on any atom is -0.425 e. The SMILES string of the molecule is Cc1nnc(CSc2nnc(Nc3cccc(C)c3C)s2)o1. The third-order valence-electron chi connectivity index (χ3n) is 3.14. The summed E-state index contributed by atoms with van der Waals surface area (Å²) in [5.74, 6) is 1.77. The Balaban J connectivity index is 1.65. The van der Waals surface area contributed by atoms with Crippen LogP contribution >= 0.6 is 23.1 Å². The lowest BCUT2D eigenvalue weighted by Crippen LogP contribution is -1.94. The van der Waals surface area contributed by atoms with Gasteiger partial charge in [-0.1, -0.05) is 35.2 Å². The van der Waals surface area contributed by atoms with Gasteiger partial charge in [0, 0.05) is 12.6 Å². The molecule has 0 atom stereocenters. The standard InChI is InChI=1S/C14H15N5OS2/c1-8-5-4-6-11(9(8)2)15-13-18-19-14(22-13)21-7-12-17-16-10(3)20-12/h4-6H,7H2,1-3H3,(H,15,18). The Bertz CT molecular complexity index is 783. The van der Waals surface area contributed by atoms with E-state index < -0.39 is 0 Å². The Morgan fingerprint density at radius 2 is 2.00 bits per heavy atom. The molecule has 0 aliphatic rings. The molecule has 0 spiro atoms. The molecule has 0 saturated heterocycles. The monoisotopic (exact) mass is 333 g/mol. The van der Waals surface area contributed by atoms with Crippen LogP contribution in [0.25, 0.3) is 0 Å². The highest BCUT2D eigenvalue weighted by atomic mass is 32.2. The summed E-state index contributed by atoms with van der Waals surface area (Å²) in [5, 5.41) is 20.2. The van der Waals surface area contributed by atoms with Crippen molar-refractivity contribution in [3.63, 3.8) is 0 Å². The molecule has 1 N–H and O–H groups in total. The number of aryl methyl sites for hydroxylation is 2. The number of hydrogen-bond acceptors (Lipinski definition) is 8. The van der Waals surface area contributed by atoms with Crippen LogP contribution in [0.2, 0.25) is 0 Å². The summed E-state index contributed by atoms with van der Waals surface area (Å²) in [7, 11) is 0. The van der Waals surface area contributed by atoms with E-state index in [0.717, 1.165) is 15.2 Å². The Morgan fingerprint density at radius 1 is 1.14 bits per heavy atom. The van der Waals surface area contributed by atoms with Gasteiger partial charge in [-0.05, 0) is 31.0 Å². The van der Waals surface area contributed by atoms with E-state index in [0.29, 0.717) is 17.5 Å². The minimum absolute atomic E-state index is 0.574. The molecule has 0 saturated carbocycles. The molecule has 1 aromatic carbocycles. The van der Waals surface area contributed by atoms with Gasteiger partial charge in [-0.15, -0.1) is 20.4 Å². The number of rotatable bonds is 5. The third kappa shape index (κ3) is 3.45. The van der Waals surface area contributed by atoms with Crippen molar-refractivity contribution in [2.45, 2.75) is 30.9 Å². The molecular weight excluding hydrogens is 318 g/mol. The maximum atomic E-state index is 5.33. The highest BCUT2D eigenvalue weighted by Gasteiger charge is 2.09. The normalized spacial score (nSPS) is 10.9. The Hall–Kier alpha value is -1.93. The first kappa shape index (κ1) is 15.0. The van der Waals surface area contributed by atoms with E-state index in [2.05, 4.69) is 45.6 Å². The lowest BCUT2D eigenvalue weighted by Gasteiger charge is -2.08. The predicted octanol–water partition coefficient (Wildman–Crippen LogP) is 3.88. The summed E-state index contributed by atoms with van der Waals surface area (Å²) in [6.45, 7) is 5.96. The van der Waals surface area contributed by atoms with Gasteiger partial charge in [0.2, 0.25) is 16.9 Å². The van der Waals surface area contributed by atoms with Crippen LogP contribution in [0.1, 0.15) is 22.9 Å². The maximum absolute atomic E-state index is 5.33. The quantitative estimate of drug-likeness (QED) is 0.710. The van der Waals surface area contributed by atoms with Gasteiger partial charge in [0.25, 0.3) is 0 Å². The van der Waals surface area contributed by atoms with Gasteiger partial charge in [0.1, 0.15) is 0 Å². The molecule has 0 aliphatic carbocycles. The van der Waals surface area contributed by atoms with Crippen LogP contribution in [0.3, 0.4) is 0 Å². The van der Waals surface area contributed by atoms with Crippen LogP contribution in [0.4, 0.5) is 10.8 Å². The van der Waals surface area contributed by atoms with Crippen LogP contribution in [-0.4, -0.2) is 20.4 Å². The van der Waals surface area contributed by atoms with E-state index in [4.69, 9.17) is 4.42 Å². The smallest absolute Gasteiger partial charge is 0.226 e. The second kappa shape index (κ2) is 6.45. The van der Waals surface area contributed by atoms with Crippen LogP contribution < -0.4 is 5.32 Å². The van der Waals surface area contributed by atoms with Crippen LogP contribution in [0, 0.1) is 20.8 Å². The largest absolute Gasteiger partial charge is 0.425 e.